The molecule has 2 aliphatic rings. The van der Waals surface area contributed by atoms with E-state index in [-0.39, 0.29) is 6.04 Å². The summed E-state index contributed by atoms with van der Waals surface area (Å²) in [6, 6.07) is 6.52. The summed E-state index contributed by atoms with van der Waals surface area (Å²) in [4.78, 5) is 4.57. The molecule has 0 N–H and O–H groups in total. The molecule has 8 nitrogen and oxygen atoms in total. The van der Waals surface area contributed by atoms with Crippen molar-refractivity contribution in [2.45, 2.75) is 19.0 Å². The summed E-state index contributed by atoms with van der Waals surface area (Å²) >= 11 is 0. The molecule has 33 heavy (non-hydrogen) atoms. The molecule has 3 unspecified atom stereocenters. The highest BCUT2D eigenvalue weighted by atomic mass is 16.5. The normalized spacial score (nSPS) is 25.5. The molecule has 0 radical (unpaired) electrons. The molecule has 0 amide bonds. The predicted molar refractivity (Wildman–Crippen MR) is 128 cm³/mol. The molecular formula is C25H40N2O6. The predicted octanol–water partition coefficient (Wildman–Crippen LogP) is 2.17. The Kier molecular flexibility index (Phi) is 11.4. The first-order chi connectivity index (χ1) is 16.2. The zero-order chi connectivity index (χ0) is 23.3. The summed E-state index contributed by atoms with van der Waals surface area (Å²) < 4.78 is 35.1. The average Bonchev–Trinajstić information content (AvgIpc) is 3.57. The third-order valence-electron chi connectivity index (χ3n) is 5.87. The molecule has 186 valence electrons. The van der Waals surface area contributed by atoms with Gasteiger partial charge in [-0.3, -0.25) is 9.80 Å². The van der Waals surface area contributed by atoms with Gasteiger partial charge in [0.25, 0.3) is 0 Å². The first-order valence-electron chi connectivity index (χ1n) is 12.0. The van der Waals surface area contributed by atoms with Crippen LogP contribution in [0.2, 0.25) is 0 Å². The SMILES string of the molecule is C=Cc1ccc2c(c1)OCCN(C)C(COCCOCC)COCCOCC1CN1CCO2. The summed E-state index contributed by atoms with van der Waals surface area (Å²) in [5.74, 6) is 1.51. The number of rotatable bonds is 7. The standard InChI is InChI=1S/C25H40N2O6/c1-4-21-6-7-24-25(16-21)33-10-8-26(3)23(19-30-13-12-28-5-2)20-31-15-14-29-18-22-17-27(22)9-11-32-24/h4,6-7,16,22-23H,1,5,8-15,17-20H2,2-3H3. The number of nitrogens with zero attached hydrogens (tertiary/aromatic N) is 2. The second-order valence-corrected chi connectivity index (χ2v) is 8.31. The van der Waals surface area contributed by atoms with Gasteiger partial charge in [0.2, 0.25) is 0 Å². The molecule has 0 bridgehead atoms. The molecule has 2 heterocycles. The molecule has 1 saturated heterocycles. The Balaban J connectivity index is 1.59. The highest BCUT2D eigenvalue weighted by Gasteiger charge is 2.33. The Morgan fingerprint density at radius 3 is 2.58 bits per heavy atom. The van der Waals surface area contributed by atoms with Crippen molar-refractivity contribution in [1.29, 1.82) is 0 Å². The van der Waals surface area contributed by atoms with E-state index in [1.165, 1.54) is 0 Å². The van der Waals surface area contributed by atoms with Gasteiger partial charge < -0.3 is 28.4 Å². The van der Waals surface area contributed by atoms with Gasteiger partial charge in [0, 0.05) is 32.3 Å². The fourth-order valence-corrected chi connectivity index (χ4v) is 3.63. The Morgan fingerprint density at radius 2 is 1.76 bits per heavy atom. The lowest BCUT2D eigenvalue weighted by Gasteiger charge is -2.28. The number of benzene rings is 1. The van der Waals surface area contributed by atoms with E-state index in [1.54, 1.807) is 0 Å². The van der Waals surface area contributed by atoms with Gasteiger partial charge in [-0.05, 0) is 31.7 Å². The topological polar surface area (TPSA) is 61.6 Å². The van der Waals surface area contributed by atoms with Crippen molar-refractivity contribution >= 4 is 6.08 Å². The lowest BCUT2D eigenvalue weighted by Crippen LogP contribution is -2.42. The van der Waals surface area contributed by atoms with Crippen LogP contribution in [-0.2, 0) is 18.9 Å². The van der Waals surface area contributed by atoms with Gasteiger partial charge >= 0.3 is 0 Å². The fourth-order valence-electron chi connectivity index (χ4n) is 3.63. The zero-order valence-corrected chi connectivity index (χ0v) is 20.2. The maximum absolute atomic E-state index is 6.14. The van der Waals surface area contributed by atoms with E-state index in [1.807, 2.05) is 31.2 Å². The number of hydrogen-bond donors (Lipinski definition) is 0. The minimum atomic E-state index is 0.114. The number of likely N-dealkylation sites (N-methyl/N-ethyl adjacent to an activating group) is 1. The van der Waals surface area contributed by atoms with E-state index in [0.717, 1.165) is 43.3 Å². The molecule has 2 aliphatic heterocycles. The number of fused-ring (bicyclic) bond motifs is 2. The first-order valence-corrected chi connectivity index (χ1v) is 12.0. The molecule has 3 rings (SSSR count). The van der Waals surface area contributed by atoms with E-state index in [9.17, 15) is 0 Å². The average molecular weight is 465 g/mol. The second kappa shape index (κ2) is 14.6. The van der Waals surface area contributed by atoms with Crippen LogP contribution in [0.1, 0.15) is 12.5 Å². The molecule has 0 aromatic heterocycles. The number of ether oxygens (including phenoxy) is 6. The van der Waals surface area contributed by atoms with Crippen LogP contribution in [0.15, 0.2) is 24.8 Å². The minimum Gasteiger partial charge on any atom is -0.488 e. The molecule has 1 aromatic rings. The van der Waals surface area contributed by atoms with E-state index >= 15 is 0 Å². The molecule has 0 aliphatic carbocycles. The summed E-state index contributed by atoms with van der Waals surface area (Å²) in [6.45, 7) is 14.6. The maximum Gasteiger partial charge on any atom is 0.161 e. The zero-order valence-electron chi connectivity index (χ0n) is 20.2. The third-order valence-corrected chi connectivity index (χ3v) is 5.87. The third kappa shape index (κ3) is 9.23. The second-order valence-electron chi connectivity index (χ2n) is 8.31. The Bertz CT molecular complexity index is 703. The lowest BCUT2D eigenvalue weighted by molar-refractivity contribution is -0.0193. The fraction of sp³-hybridized carbons (Fsp3) is 0.680. The van der Waals surface area contributed by atoms with Crippen LogP contribution in [0.5, 0.6) is 11.5 Å². The van der Waals surface area contributed by atoms with Gasteiger partial charge in [-0.25, -0.2) is 0 Å². The van der Waals surface area contributed by atoms with Crippen molar-refractivity contribution in [3.8, 4) is 11.5 Å². The van der Waals surface area contributed by atoms with Crippen LogP contribution in [0.4, 0.5) is 0 Å². The first kappa shape index (κ1) is 25.9. The minimum absolute atomic E-state index is 0.114. The van der Waals surface area contributed by atoms with Crippen molar-refractivity contribution in [3.05, 3.63) is 30.3 Å². The molecule has 3 atom stereocenters. The van der Waals surface area contributed by atoms with Gasteiger partial charge in [-0.2, -0.15) is 0 Å². The van der Waals surface area contributed by atoms with Crippen LogP contribution in [0.3, 0.4) is 0 Å². The van der Waals surface area contributed by atoms with Crippen molar-refractivity contribution in [3.63, 3.8) is 0 Å². The Morgan fingerprint density at radius 1 is 1.00 bits per heavy atom. The van der Waals surface area contributed by atoms with Crippen LogP contribution in [-0.4, -0.2) is 115 Å². The largest absolute Gasteiger partial charge is 0.488 e. The molecule has 0 spiro atoms. The van der Waals surface area contributed by atoms with Crippen LogP contribution < -0.4 is 9.47 Å². The molecule has 1 fully saturated rings. The Hall–Kier alpha value is -1.68. The molecule has 8 heteroatoms. The van der Waals surface area contributed by atoms with E-state index in [0.29, 0.717) is 65.5 Å². The summed E-state index contributed by atoms with van der Waals surface area (Å²) in [7, 11) is 2.07. The van der Waals surface area contributed by atoms with Crippen molar-refractivity contribution < 1.29 is 28.4 Å². The summed E-state index contributed by atoms with van der Waals surface area (Å²) in [6.07, 6.45) is 1.81. The van der Waals surface area contributed by atoms with Gasteiger partial charge in [-0.15, -0.1) is 0 Å². The van der Waals surface area contributed by atoms with E-state index in [4.69, 9.17) is 28.4 Å². The van der Waals surface area contributed by atoms with Crippen molar-refractivity contribution in [1.82, 2.24) is 9.80 Å². The summed E-state index contributed by atoms with van der Waals surface area (Å²) in [5, 5.41) is 0. The van der Waals surface area contributed by atoms with Gasteiger partial charge in [-0.1, -0.05) is 18.7 Å². The quantitative estimate of drug-likeness (QED) is 0.450. The van der Waals surface area contributed by atoms with Gasteiger partial charge in [0.15, 0.2) is 11.5 Å². The van der Waals surface area contributed by atoms with Gasteiger partial charge in [0.1, 0.15) is 13.2 Å². The summed E-state index contributed by atoms with van der Waals surface area (Å²) in [5.41, 5.74) is 1.00. The van der Waals surface area contributed by atoms with Crippen LogP contribution in [0.25, 0.3) is 6.08 Å². The van der Waals surface area contributed by atoms with Crippen LogP contribution >= 0.6 is 0 Å². The lowest BCUT2D eigenvalue weighted by atomic mass is 10.2. The van der Waals surface area contributed by atoms with Crippen molar-refractivity contribution in [2.75, 3.05) is 92.8 Å². The smallest absolute Gasteiger partial charge is 0.161 e. The van der Waals surface area contributed by atoms with Crippen LogP contribution in [0, 0.1) is 0 Å². The maximum atomic E-state index is 6.14. The molecule has 0 saturated carbocycles. The van der Waals surface area contributed by atoms with E-state index < -0.39 is 0 Å². The number of hydrogen-bond acceptors (Lipinski definition) is 8. The molecular weight excluding hydrogens is 424 g/mol. The Labute approximate surface area is 198 Å². The van der Waals surface area contributed by atoms with E-state index in [2.05, 4.69) is 23.4 Å². The highest BCUT2D eigenvalue weighted by Crippen LogP contribution is 2.29. The van der Waals surface area contributed by atoms with Crippen molar-refractivity contribution in [2.24, 2.45) is 0 Å². The molecule has 1 aromatic carbocycles. The highest BCUT2D eigenvalue weighted by molar-refractivity contribution is 5.54. The van der Waals surface area contributed by atoms with Gasteiger partial charge in [0.05, 0.1) is 52.3 Å². The monoisotopic (exact) mass is 464 g/mol.